The van der Waals surface area contributed by atoms with Crippen LogP contribution in [0.2, 0.25) is 0 Å². The van der Waals surface area contributed by atoms with Gasteiger partial charge in [-0.05, 0) is 22.0 Å². The first-order valence-corrected chi connectivity index (χ1v) is 3.84. The molecule has 0 saturated carbocycles. The normalized spacial score (nSPS) is 10.3. The molecule has 0 atom stereocenters. The highest BCUT2D eigenvalue weighted by Crippen LogP contribution is 2.24. The number of carbonyl (C=O) groups excluding carboxylic acids is 1. The van der Waals surface area contributed by atoms with Crippen LogP contribution in [0.3, 0.4) is 0 Å². The molecule has 0 aromatic carbocycles. The van der Waals surface area contributed by atoms with Gasteiger partial charge in [-0.25, -0.2) is 8.78 Å². The Labute approximate surface area is 75.7 Å². The van der Waals surface area contributed by atoms with Crippen molar-refractivity contribution in [3.63, 3.8) is 0 Å². The molecule has 0 bridgehead atoms. The summed E-state index contributed by atoms with van der Waals surface area (Å²) in [6, 6.07) is 1.44. The van der Waals surface area contributed by atoms with Crippen LogP contribution in [-0.2, 0) is 0 Å². The largest absolute Gasteiger partial charge is 0.298 e. The number of carbonyl (C=O) groups is 1. The summed E-state index contributed by atoms with van der Waals surface area (Å²) in [5.74, 6) is 0. The summed E-state index contributed by atoms with van der Waals surface area (Å²) < 4.78 is 24.6. The number of halogens is 3. The summed E-state index contributed by atoms with van der Waals surface area (Å²) >= 11 is 2.97. The summed E-state index contributed by atoms with van der Waals surface area (Å²) in [6.07, 6.45) is -1.14. The minimum Gasteiger partial charge on any atom is -0.298 e. The van der Waals surface area contributed by atoms with Crippen molar-refractivity contribution in [2.75, 3.05) is 0 Å². The highest BCUT2D eigenvalue weighted by molar-refractivity contribution is 9.10. The Kier molecular flexibility index (Phi) is 2.86. The summed E-state index contributed by atoms with van der Waals surface area (Å²) in [7, 11) is 0. The number of aldehydes is 1. The van der Waals surface area contributed by atoms with Crippen molar-refractivity contribution < 1.29 is 13.6 Å². The maximum atomic E-state index is 12.2. The number of nitrogens with zero attached hydrogens (tertiary/aromatic N) is 1. The van der Waals surface area contributed by atoms with Gasteiger partial charge in [-0.15, -0.1) is 0 Å². The van der Waals surface area contributed by atoms with Crippen LogP contribution in [0.4, 0.5) is 8.78 Å². The third-order valence-electron chi connectivity index (χ3n) is 1.29. The fourth-order valence-corrected chi connectivity index (χ4v) is 1.17. The molecule has 1 aromatic heterocycles. The van der Waals surface area contributed by atoms with Gasteiger partial charge in [0.15, 0.2) is 6.29 Å². The molecule has 0 fully saturated rings. The Balaban J connectivity index is 3.27. The summed E-state index contributed by atoms with van der Waals surface area (Å²) in [6.45, 7) is 0. The van der Waals surface area contributed by atoms with Crippen LogP contribution in [0.15, 0.2) is 16.7 Å². The van der Waals surface area contributed by atoms with E-state index in [-0.39, 0.29) is 5.56 Å². The van der Waals surface area contributed by atoms with Crippen molar-refractivity contribution in [2.45, 2.75) is 6.43 Å². The van der Waals surface area contributed by atoms with E-state index in [1.807, 2.05) is 0 Å². The van der Waals surface area contributed by atoms with Gasteiger partial charge in [0, 0.05) is 10.7 Å². The van der Waals surface area contributed by atoms with Crippen LogP contribution in [-0.4, -0.2) is 11.3 Å². The number of aromatic nitrogens is 1. The van der Waals surface area contributed by atoms with Gasteiger partial charge in [0.1, 0.15) is 5.69 Å². The molecule has 12 heavy (non-hydrogen) atoms. The number of alkyl halides is 2. The minimum atomic E-state index is -2.72. The van der Waals surface area contributed by atoms with E-state index in [2.05, 4.69) is 20.9 Å². The van der Waals surface area contributed by atoms with E-state index in [1.54, 1.807) is 0 Å². The molecule has 0 aliphatic rings. The first kappa shape index (κ1) is 9.25. The molecule has 0 amide bonds. The van der Waals surface area contributed by atoms with Gasteiger partial charge in [-0.1, -0.05) is 0 Å². The molecule has 0 aliphatic carbocycles. The fraction of sp³-hybridized carbons (Fsp3) is 0.143. The lowest BCUT2D eigenvalue weighted by molar-refractivity contribution is 0.110. The Hall–Kier alpha value is -0.840. The summed E-state index contributed by atoms with van der Waals surface area (Å²) in [5.41, 5.74) is -0.577. The van der Waals surface area contributed by atoms with Crippen LogP contribution < -0.4 is 0 Å². The highest BCUT2D eigenvalue weighted by Gasteiger charge is 2.15. The van der Waals surface area contributed by atoms with Gasteiger partial charge >= 0.3 is 0 Å². The maximum absolute atomic E-state index is 12.2. The Morgan fingerprint density at radius 3 is 2.67 bits per heavy atom. The Bertz CT molecular complexity index is 303. The van der Waals surface area contributed by atoms with E-state index in [4.69, 9.17) is 0 Å². The van der Waals surface area contributed by atoms with Crippen LogP contribution in [0.5, 0.6) is 0 Å². The predicted molar refractivity (Wildman–Crippen MR) is 42.3 cm³/mol. The van der Waals surface area contributed by atoms with Crippen molar-refractivity contribution in [2.24, 2.45) is 0 Å². The number of hydrogen-bond donors (Lipinski definition) is 0. The van der Waals surface area contributed by atoms with E-state index in [9.17, 15) is 13.6 Å². The molecule has 5 heteroatoms. The SMILES string of the molecule is O=Cc1c(Br)ccnc1C(F)F. The molecular weight excluding hydrogens is 232 g/mol. The van der Waals surface area contributed by atoms with Crippen LogP contribution in [0.25, 0.3) is 0 Å². The third-order valence-corrected chi connectivity index (χ3v) is 1.98. The zero-order valence-electron chi connectivity index (χ0n) is 5.80. The lowest BCUT2D eigenvalue weighted by atomic mass is 10.2. The van der Waals surface area contributed by atoms with E-state index < -0.39 is 12.1 Å². The second-order valence-corrected chi connectivity index (χ2v) is 2.86. The molecule has 1 heterocycles. The predicted octanol–water partition coefficient (Wildman–Crippen LogP) is 2.59. The zero-order chi connectivity index (χ0) is 9.14. The topological polar surface area (TPSA) is 30.0 Å². The number of pyridine rings is 1. The van der Waals surface area contributed by atoms with Gasteiger partial charge in [-0.3, -0.25) is 9.78 Å². The van der Waals surface area contributed by atoms with E-state index in [1.165, 1.54) is 12.3 Å². The first-order chi connectivity index (χ1) is 5.66. The second-order valence-electron chi connectivity index (χ2n) is 2.01. The third kappa shape index (κ3) is 1.66. The lowest BCUT2D eigenvalue weighted by Gasteiger charge is -2.02. The van der Waals surface area contributed by atoms with E-state index >= 15 is 0 Å². The molecule has 2 nitrogen and oxygen atoms in total. The van der Waals surface area contributed by atoms with Crippen LogP contribution in [0, 0.1) is 0 Å². The molecule has 0 radical (unpaired) electrons. The summed E-state index contributed by atoms with van der Waals surface area (Å²) in [4.78, 5) is 13.7. The number of rotatable bonds is 2. The smallest absolute Gasteiger partial charge is 0.281 e. The standard InChI is InChI=1S/C7H4BrF2NO/c8-5-1-2-11-6(7(9)10)4(5)3-12/h1-3,7H. The molecular formula is C7H4BrF2NO. The average molecular weight is 236 g/mol. The molecule has 0 saturated heterocycles. The molecule has 1 aromatic rings. The van der Waals surface area contributed by atoms with Crippen molar-refractivity contribution in [3.05, 3.63) is 28.0 Å². The minimum absolute atomic E-state index is 0.0903. The highest BCUT2D eigenvalue weighted by atomic mass is 79.9. The van der Waals surface area contributed by atoms with E-state index in [0.29, 0.717) is 10.8 Å². The van der Waals surface area contributed by atoms with Crippen molar-refractivity contribution in [3.8, 4) is 0 Å². The van der Waals surface area contributed by atoms with Crippen molar-refractivity contribution in [1.82, 2.24) is 4.98 Å². The zero-order valence-corrected chi connectivity index (χ0v) is 7.38. The molecule has 64 valence electrons. The summed E-state index contributed by atoms with van der Waals surface area (Å²) in [5, 5.41) is 0. The lowest BCUT2D eigenvalue weighted by Crippen LogP contribution is -1.97. The van der Waals surface area contributed by atoms with Crippen LogP contribution in [0.1, 0.15) is 22.5 Å². The maximum Gasteiger partial charge on any atom is 0.281 e. The van der Waals surface area contributed by atoms with Crippen molar-refractivity contribution in [1.29, 1.82) is 0 Å². The molecule has 0 unspecified atom stereocenters. The molecule has 0 aliphatic heterocycles. The number of hydrogen-bond acceptors (Lipinski definition) is 2. The van der Waals surface area contributed by atoms with Gasteiger partial charge in [0.2, 0.25) is 0 Å². The second kappa shape index (κ2) is 3.71. The first-order valence-electron chi connectivity index (χ1n) is 3.04. The van der Waals surface area contributed by atoms with Crippen LogP contribution >= 0.6 is 15.9 Å². The Morgan fingerprint density at radius 2 is 2.25 bits per heavy atom. The molecule has 0 spiro atoms. The average Bonchev–Trinajstić information content (AvgIpc) is 2.03. The fourth-order valence-electron chi connectivity index (χ4n) is 0.755. The monoisotopic (exact) mass is 235 g/mol. The van der Waals surface area contributed by atoms with E-state index in [0.717, 1.165) is 0 Å². The van der Waals surface area contributed by atoms with Gasteiger partial charge in [-0.2, -0.15) is 0 Å². The van der Waals surface area contributed by atoms with Crippen molar-refractivity contribution >= 4 is 22.2 Å². The Morgan fingerprint density at radius 1 is 1.58 bits per heavy atom. The van der Waals surface area contributed by atoms with Gasteiger partial charge in [0.25, 0.3) is 6.43 Å². The van der Waals surface area contributed by atoms with Gasteiger partial charge < -0.3 is 0 Å². The van der Waals surface area contributed by atoms with Gasteiger partial charge in [0.05, 0.1) is 5.56 Å². The molecule has 0 N–H and O–H groups in total. The quantitative estimate of drug-likeness (QED) is 0.738. The molecule has 1 rings (SSSR count).